The van der Waals surface area contributed by atoms with Crippen LogP contribution in [0.25, 0.3) is 0 Å². The SMILES string of the molecule is Cc1ccsc1C(Oc1c(C)cc(C#N)cc1C)C(C)N. The summed E-state index contributed by atoms with van der Waals surface area (Å²) in [6.45, 7) is 7.95. The van der Waals surface area contributed by atoms with Crippen LogP contribution in [0, 0.1) is 32.1 Å². The van der Waals surface area contributed by atoms with Gasteiger partial charge in [-0.2, -0.15) is 5.26 Å². The Balaban J connectivity index is 2.39. The van der Waals surface area contributed by atoms with Gasteiger partial charge in [0.1, 0.15) is 11.9 Å². The van der Waals surface area contributed by atoms with E-state index in [4.69, 9.17) is 15.7 Å². The maximum Gasteiger partial charge on any atom is 0.148 e. The molecule has 0 aliphatic carbocycles. The molecule has 3 nitrogen and oxygen atoms in total. The number of nitrogens with two attached hydrogens (primary N) is 1. The fourth-order valence-electron chi connectivity index (χ4n) is 2.40. The largest absolute Gasteiger partial charge is 0.483 e. The van der Waals surface area contributed by atoms with Gasteiger partial charge < -0.3 is 10.5 Å². The zero-order chi connectivity index (χ0) is 15.6. The van der Waals surface area contributed by atoms with Crippen LogP contribution in [0.3, 0.4) is 0 Å². The summed E-state index contributed by atoms with van der Waals surface area (Å²) in [4.78, 5) is 1.16. The fraction of sp³-hybridized carbons (Fsp3) is 0.353. The molecule has 2 atom stereocenters. The molecule has 0 aliphatic heterocycles. The van der Waals surface area contributed by atoms with E-state index in [0.717, 1.165) is 21.8 Å². The van der Waals surface area contributed by atoms with Gasteiger partial charge in [-0.25, -0.2) is 0 Å². The standard InChI is InChI=1S/C17H20N2OS/c1-10-5-6-21-17(10)16(13(4)19)20-15-11(2)7-14(9-18)8-12(15)3/h5-8,13,16H,19H2,1-4H3. The van der Waals surface area contributed by atoms with Gasteiger partial charge in [0.05, 0.1) is 11.6 Å². The molecule has 0 amide bonds. The lowest BCUT2D eigenvalue weighted by Crippen LogP contribution is -2.29. The molecule has 4 heteroatoms. The molecule has 0 fully saturated rings. The summed E-state index contributed by atoms with van der Waals surface area (Å²) >= 11 is 1.67. The second-order valence-electron chi connectivity index (χ2n) is 5.42. The molecule has 2 unspecified atom stereocenters. The average molecular weight is 300 g/mol. The summed E-state index contributed by atoms with van der Waals surface area (Å²) in [5.41, 5.74) is 9.91. The van der Waals surface area contributed by atoms with E-state index in [-0.39, 0.29) is 12.1 Å². The average Bonchev–Trinajstić information content (AvgIpc) is 2.83. The molecule has 2 N–H and O–H groups in total. The number of hydrogen-bond donors (Lipinski definition) is 1. The third-order valence-electron chi connectivity index (χ3n) is 3.47. The summed E-state index contributed by atoms with van der Waals surface area (Å²) in [7, 11) is 0. The Labute approximate surface area is 130 Å². The molecular formula is C17H20N2OS. The first-order valence-electron chi connectivity index (χ1n) is 6.91. The zero-order valence-corrected chi connectivity index (χ0v) is 13.6. The maximum atomic E-state index is 9.02. The van der Waals surface area contributed by atoms with Gasteiger partial charge in [0.2, 0.25) is 0 Å². The van der Waals surface area contributed by atoms with Gasteiger partial charge >= 0.3 is 0 Å². The number of ether oxygens (including phenoxy) is 1. The molecular weight excluding hydrogens is 280 g/mol. The van der Waals surface area contributed by atoms with Gasteiger partial charge in [0, 0.05) is 10.9 Å². The van der Waals surface area contributed by atoms with Crippen molar-refractivity contribution in [3.05, 3.63) is 50.7 Å². The van der Waals surface area contributed by atoms with Crippen LogP contribution in [-0.4, -0.2) is 6.04 Å². The van der Waals surface area contributed by atoms with Gasteiger partial charge in [-0.3, -0.25) is 0 Å². The molecule has 0 saturated heterocycles. The highest BCUT2D eigenvalue weighted by molar-refractivity contribution is 7.10. The minimum atomic E-state index is -0.171. The van der Waals surface area contributed by atoms with E-state index in [0.29, 0.717) is 5.56 Å². The molecule has 0 spiro atoms. The molecule has 1 aromatic heterocycles. The van der Waals surface area contributed by atoms with Crippen molar-refractivity contribution in [2.75, 3.05) is 0 Å². The van der Waals surface area contributed by atoms with Gasteiger partial charge in [0.15, 0.2) is 0 Å². The molecule has 0 saturated carbocycles. The van der Waals surface area contributed by atoms with E-state index >= 15 is 0 Å². The predicted molar refractivity (Wildman–Crippen MR) is 86.7 cm³/mol. The van der Waals surface area contributed by atoms with Gasteiger partial charge in [-0.05, 0) is 68.0 Å². The Morgan fingerprint density at radius 2 is 1.81 bits per heavy atom. The molecule has 1 aromatic carbocycles. The normalized spacial score (nSPS) is 13.5. The van der Waals surface area contributed by atoms with E-state index in [9.17, 15) is 0 Å². The summed E-state index contributed by atoms with van der Waals surface area (Å²) in [5.74, 6) is 0.823. The van der Waals surface area contributed by atoms with Crippen molar-refractivity contribution >= 4 is 11.3 Å². The number of benzene rings is 1. The van der Waals surface area contributed by atoms with Gasteiger partial charge in [0.25, 0.3) is 0 Å². The van der Waals surface area contributed by atoms with E-state index in [1.165, 1.54) is 5.56 Å². The number of thiophene rings is 1. The first-order chi connectivity index (χ1) is 9.93. The van der Waals surface area contributed by atoms with E-state index in [2.05, 4.69) is 24.4 Å². The van der Waals surface area contributed by atoms with Crippen LogP contribution < -0.4 is 10.5 Å². The maximum absolute atomic E-state index is 9.02. The number of nitriles is 1. The van der Waals surface area contributed by atoms with Crippen molar-refractivity contribution in [1.29, 1.82) is 5.26 Å². The minimum absolute atomic E-state index is 0.114. The molecule has 21 heavy (non-hydrogen) atoms. The molecule has 2 aromatic rings. The Morgan fingerprint density at radius 3 is 2.24 bits per heavy atom. The Hall–Kier alpha value is -1.83. The highest BCUT2D eigenvalue weighted by Gasteiger charge is 2.23. The molecule has 2 rings (SSSR count). The molecule has 0 bridgehead atoms. The molecule has 0 aliphatic rings. The smallest absolute Gasteiger partial charge is 0.148 e. The Morgan fingerprint density at radius 1 is 1.19 bits per heavy atom. The van der Waals surface area contributed by atoms with Crippen molar-refractivity contribution in [3.63, 3.8) is 0 Å². The van der Waals surface area contributed by atoms with Gasteiger partial charge in [-0.15, -0.1) is 11.3 Å². The first-order valence-corrected chi connectivity index (χ1v) is 7.79. The van der Waals surface area contributed by atoms with Crippen molar-refractivity contribution in [2.45, 2.75) is 39.8 Å². The highest BCUT2D eigenvalue weighted by atomic mass is 32.1. The second-order valence-corrected chi connectivity index (χ2v) is 6.36. The summed E-state index contributed by atoms with van der Waals surface area (Å²) in [6, 6.07) is 7.84. The summed E-state index contributed by atoms with van der Waals surface area (Å²) in [5, 5.41) is 11.1. The quantitative estimate of drug-likeness (QED) is 0.928. The number of aryl methyl sites for hydroxylation is 3. The van der Waals surface area contributed by atoms with E-state index < -0.39 is 0 Å². The number of rotatable bonds is 4. The molecule has 1 heterocycles. The van der Waals surface area contributed by atoms with Crippen LogP contribution in [0.5, 0.6) is 5.75 Å². The van der Waals surface area contributed by atoms with Crippen LogP contribution in [0.15, 0.2) is 23.6 Å². The lowest BCUT2D eigenvalue weighted by Gasteiger charge is -2.24. The van der Waals surface area contributed by atoms with E-state index in [1.54, 1.807) is 11.3 Å². The highest BCUT2D eigenvalue weighted by Crippen LogP contribution is 2.34. The Bertz CT molecular complexity index is 659. The molecule has 0 radical (unpaired) electrons. The minimum Gasteiger partial charge on any atom is -0.483 e. The van der Waals surface area contributed by atoms with Gasteiger partial charge in [-0.1, -0.05) is 0 Å². The zero-order valence-electron chi connectivity index (χ0n) is 12.8. The van der Waals surface area contributed by atoms with Crippen LogP contribution in [0.2, 0.25) is 0 Å². The van der Waals surface area contributed by atoms with Crippen LogP contribution in [0.4, 0.5) is 0 Å². The summed E-state index contributed by atoms with van der Waals surface area (Å²) < 4.78 is 6.24. The number of nitrogens with zero attached hydrogens (tertiary/aromatic N) is 1. The monoisotopic (exact) mass is 300 g/mol. The van der Waals surface area contributed by atoms with Crippen molar-refractivity contribution in [3.8, 4) is 11.8 Å². The Kier molecular flexibility index (Phi) is 4.66. The third kappa shape index (κ3) is 3.26. The van der Waals surface area contributed by atoms with Crippen molar-refractivity contribution < 1.29 is 4.74 Å². The summed E-state index contributed by atoms with van der Waals surface area (Å²) in [6.07, 6.45) is -0.171. The molecule has 110 valence electrons. The lowest BCUT2D eigenvalue weighted by molar-refractivity contribution is 0.181. The fourth-order valence-corrected chi connectivity index (χ4v) is 3.47. The van der Waals surface area contributed by atoms with Crippen LogP contribution >= 0.6 is 11.3 Å². The third-order valence-corrected chi connectivity index (χ3v) is 4.55. The van der Waals surface area contributed by atoms with E-state index in [1.807, 2.05) is 32.9 Å². The lowest BCUT2D eigenvalue weighted by atomic mass is 10.0. The van der Waals surface area contributed by atoms with Crippen LogP contribution in [-0.2, 0) is 0 Å². The number of hydrogen-bond acceptors (Lipinski definition) is 4. The van der Waals surface area contributed by atoms with Crippen molar-refractivity contribution in [2.24, 2.45) is 5.73 Å². The topological polar surface area (TPSA) is 59.0 Å². The van der Waals surface area contributed by atoms with Crippen molar-refractivity contribution in [1.82, 2.24) is 0 Å². The second kappa shape index (κ2) is 6.30. The van der Waals surface area contributed by atoms with Crippen LogP contribution in [0.1, 0.15) is 40.2 Å². The predicted octanol–water partition coefficient (Wildman–Crippen LogP) is 4.01. The first kappa shape index (κ1) is 15.6.